The van der Waals surface area contributed by atoms with Crippen molar-refractivity contribution in [2.75, 3.05) is 13.1 Å². The van der Waals surface area contributed by atoms with E-state index in [1.165, 1.54) is 0 Å². The highest BCUT2D eigenvalue weighted by Gasteiger charge is 2.41. The molecule has 2 fully saturated rings. The summed E-state index contributed by atoms with van der Waals surface area (Å²) in [7, 11) is 0. The summed E-state index contributed by atoms with van der Waals surface area (Å²) >= 11 is 0. The molecule has 19 heavy (non-hydrogen) atoms. The van der Waals surface area contributed by atoms with Crippen LogP contribution in [0, 0.1) is 11.3 Å². The molecule has 112 valence electrons. The molecule has 0 aromatic carbocycles. The van der Waals surface area contributed by atoms with Crippen LogP contribution in [0.1, 0.15) is 46.0 Å². The van der Waals surface area contributed by atoms with Crippen molar-refractivity contribution in [3.63, 3.8) is 0 Å². The van der Waals surface area contributed by atoms with Crippen LogP contribution in [0.4, 0.5) is 13.2 Å². The van der Waals surface area contributed by atoms with Gasteiger partial charge >= 0.3 is 6.18 Å². The summed E-state index contributed by atoms with van der Waals surface area (Å²) in [5, 5.41) is 0. The zero-order valence-electron chi connectivity index (χ0n) is 11.8. The van der Waals surface area contributed by atoms with Gasteiger partial charge in [-0.2, -0.15) is 13.2 Å². The smallest absolute Gasteiger partial charge is 0.327 e. The Kier molecular flexibility index (Phi) is 4.17. The van der Waals surface area contributed by atoms with Crippen LogP contribution in [0.15, 0.2) is 0 Å². The Morgan fingerprint density at radius 3 is 2.37 bits per heavy atom. The van der Waals surface area contributed by atoms with Crippen LogP contribution in [0.5, 0.6) is 0 Å². The van der Waals surface area contributed by atoms with E-state index in [2.05, 4.69) is 13.8 Å². The molecule has 0 aromatic heterocycles. The lowest BCUT2D eigenvalue weighted by molar-refractivity contribution is -0.149. The van der Waals surface area contributed by atoms with E-state index in [4.69, 9.17) is 5.73 Å². The highest BCUT2D eigenvalue weighted by molar-refractivity contribution is 4.92. The third kappa shape index (κ3) is 4.63. The Bertz CT molecular complexity index is 308. The van der Waals surface area contributed by atoms with Crippen molar-refractivity contribution in [3.8, 4) is 0 Å². The zero-order chi connectivity index (χ0) is 14.3. The first-order valence-electron chi connectivity index (χ1n) is 7.23. The summed E-state index contributed by atoms with van der Waals surface area (Å²) < 4.78 is 37.9. The molecule has 2 saturated carbocycles. The minimum Gasteiger partial charge on any atom is -0.327 e. The van der Waals surface area contributed by atoms with Crippen molar-refractivity contribution >= 4 is 0 Å². The fourth-order valence-electron chi connectivity index (χ4n) is 3.27. The second-order valence-electron chi connectivity index (χ2n) is 7.11. The molecule has 2 atom stereocenters. The van der Waals surface area contributed by atoms with Crippen LogP contribution in [-0.2, 0) is 0 Å². The third-order valence-electron chi connectivity index (χ3n) is 4.49. The van der Waals surface area contributed by atoms with Crippen molar-refractivity contribution in [1.29, 1.82) is 0 Å². The molecule has 2 rings (SSSR count). The van der Waals surface area contributed by atoms with Crippen molar-refractivity contribution < 1.29 is 13.2 Å². The van der Waals surface area contributed by atoms with E-state index < -0.39 is 12.7 Å². The van der Waals surface area contributed by atoms with Crippen LogP contribution < -0.4 is 5.73 Å². The van der Waals surface area contributed by atoms with Crippen LogP contribution in [0.3, 0.4) is 0 Å². The predicted molar refractivity (Wildman–Crippen MR) is 69.7 cm³/mol. The lowest BCUT2D eigenvalue weighted by Crippen LogP contribution is -2.47. The Hall–Kier alpha value is -0.290. The second kappa shape index (κ2) is 5.24. The first-order valence-corrected chi connectivity index (χ1v) is 7.23. The van der Waals surface area contributed by atoms with Gasteiger partial charge in [0.25, 0.3) is 0 Å². The Balaban J connectivity index is 1.95. The number of hydrogen-bond acceptors (Lipinski definition) is 2. The molecule has 0 amide bonds. The van der Waals surface area contributed by atoms with Gasteiger partial charge in [0, 0.05) is 18.6 Å². The van der Waals surface area contributed by atoms with Gasteiger partial charge in [0.2, 0.25) is 0 Å². The number of halogens is 3. The number of alkyl halides is 3. The number of hydrogen-bond donors (Lipinski definition) is 1. The molecule has 0 aromatic rings. The molecule has 0 heterocycles. The molecule has 0 bridgehead atoms. The summed E-state index contributed by atoms with van der Waals surface area (Å²) in [6.45, 7) is 4.12. The van der Waals surface area contributed by atoms with Gasteiger partial charge in [-0.05, 0) is 43.4 Å². The van der Waals surface area contributed by atoms with Gasteiger partial charge in [-0.3, -0.25) is 4.90 Å². The number of nitrogens with two attached hydrogens (primary N) is 1. The van der Waals surface area contributed by atoms with Crippen LogP contribution in [0.25, 0.3) is 0 Å². The Labute approximate surface area is 113 Å². The summed E-state index contributed by atoms with van der Waals surface area (Å²) in [6, 6.07) is 0.196. The summed E-state index contributed by atoms with van der Waals surface area (Å²) in [4.78, 5) is 1.62. The first kappa shape index (κ1) is 15.1. The maximum absolute atomic E-state index is 12.6. The molecule has 2 unspecified atom stereocenters. The molecule has 0 radical (unpaired) electrons. The van der Waals surface area contributed by atoms with Crippen molar-refractivity contribution in [2.45, 2.75) is 64.2 Å². The average Bonchev–Trinajstić information content (AvgIpc) is 3.04. The van der Waals surface area contributed by atoms with E-state index in [1.54, 1.807) is 4.90 Å². The maximum Gasteiger partial charge on any atom is 0.401 e. The Morgan fingerprint density at radius 2 is 1.84 bits per heavy atom. The van der Waals surface area contributed by atoms with E-state index in [0.29, 0.717) is 6.54 Å². The summed E-state index contributed by atoms with van der Waals surface area (Å²) in [5.74, 6) is 0.201. The van der Waals surface area contributed by atoms with Gasteiger partial charge in [-0.1, -0.05) is 13.8 Å². The highest BCUT2D eigenvalue weighted by Crippen LogP contribution is 2.40. The highest BCUT2D eigenvalue weighted by atomic mass is 19.4. The molecule has 2 N–H and O–H groups in total. The normalized spacial score (nSPS) is 31.7. The summed E-state index contributed by atoms with van der Waals surface area (Å²) in [6.07, 6.45) is 0.657. The molecular weight excluding hydrogens is 253 g/mol. The van der Waals surface area contributed by atoms with Crippen molar-refractivity contribution in [3.05, 3.63) is 0 Å². The minimum atomic E-state index is -4.10. The first-order chi connectivity index (χ1) is 8.66. The van der Waals surface area contributed by atoms with Gasteiger partial charge in [0.15, 0.2) is 0 Å². The van der Waals surface area contributed by atoms with Crippen LogP contribution in [0.2, 0.25) is 0 Å². The van der Waals surface area contributed by atoms with E-state index in [1.807, 2.05) is 0 Å². The molecule has 0 spiro atoms. The Morgan fingerprint density at radius 1 is 1.21 bits per heavy atom. The van der Waals surface area contributed by atoms with Gasteiger partial charge in [0.05, 0.1) is 6.54 Å². The van der Waals surface area contributed by atoms with Crippen molar-refractivity contribution in [1.82, 2.24) is 4.90 Å². The number of nitrogens with zero attached hydrogens (tertiary/aromatic N) is 1. The summed E-state index contributed by atoms with van der Waals surface area (Å²) in [5.41, 5.74) is 6.34. The topological polar surface area (TPSA) is 29.3 Å². The lowest BCUT2D eigenvalue weighted by atomic mass is 9.70. The average molecular weight is 278 g/mol. The molecular formula is C14H25F3N2. The van der Waals surface area contributed by atoms with E-state index in [-0.39, 0.29) is 23.4 Å². The van der Waals surface area contributed by atoms with Gasteiger partial charge < -0.3 is 5.73 Å². The molecule has 2 aliphatic rings. The molecule has 5 heteroatoms. The van der Waals surface area contributed by atoms with Crippen molar-refractivity contribution in [2.24, 2.45) is 17.1 Å². The van der Waals surface area contributed by atoms with E-state index in [0.717, 1.165) is 32.1 Å². The third-order valence-corrected chi connectivity index (χ3v) is 4.49. The van der Waals surface area contributed by atoms with Gasteiger partial charge in [-0.15, -0.1) is 0 Å². The van der Waals surface area contributed by atoms with Gasteiger partial charge in [-0.25, -0.2) is 0 Å². The van der Waals surface area contributed by atoms with E-state index >= 15 is 0 Å². The van der Waals surface area contributed by atoms with E-state index in [9.17, 15) is 13.2 Å². The standard InChI is InChI=1S/C14H25F3N2/c1-13(2)6-5-12(18)10(7-13)8-19(11-3-4-11)9-14(15,16)17/h10-12H,3-9,18H2,1-2H3. The monoisotopic (exact) mass is 278 g/mol. The minimum absolute atomic E-state index is 0.0579. The maximum atomic E-state index is 12.6. The molecule has 0 saturated heterocycles. The SMILES string of the molecule is CC1(C)CCC(N)C(CN(CC(F)(F)F)C2CC2)C1. The fourth-order valence-corrected chi connectivity index (χ4v) is 3.27. The fraction of sp³-hybridized carbons (Fsp3) is 1.00. The molecule has 2 aliphatic carbocycles. The van der Waals surface area contributed by atoms with Gasteiger partial charge in [0.1, 0.15) is 0 Å². The second-order valence-corrected chi connectivity index (χ2v) is 7.11. The molecule has 2 nitrogen and oxygen atoms in total. The zero-order valence-corrected chi connectivity index (χ0v) is 11.8. The number of rotatable bonds is 4. The molecule has 0 aliphatic heterocycles. The largest absolute Gasteiger partial charge is 0.401 e. The van der Waals surface area contributed by atoms with Crippen LogP contribution in [-0.4, -0.2) is 36.2 Å². The van der Waals surface area contributed by atoms with Crippen LogP contribution >= 0.6 is 0 Å². The lowest BCUT2D eigenvalue weighted by Gasteiger charge is -2.41. The predicted octanol–water partition coefficient (Wildman–Crippen LogP) is 3.17. The quantitative estimate of drug-likeness (QED) is 0.856.